The van der Waals surface area contributed by atoms with Crippen molar-refractivity contribution in [3.8, 4) is 44.6 Å². The minimum Gasteiger partial charge on any atom is -0.291 e. The summed E-state index contributed by atoms with van der Waals surface area (Å²) in [6, 6.07) is 80.5. The van der Waals surface area contributed by atoms with Crippen LogP contribution in [-0.2, 0) is 0 Å². The lowest BCUT2D eigenvalue weighted by molar-refractivity contribution is 1.25. The minimum absolute atomic E-state index is 1.00. The van der Waals surface area contributed by atoms with E-state index in [1.165, 1.54) is 107 Å². The van der Waals surface area contributed by atoms with Crippen molar-refractivity contribution in [2.45, 2.75) is 0 Å². The molecule has 0 saturated heterocycles. The first kappa shape index (κ1) is 35.5. The van der Waals surface area contributed by atoms with Gasteiger partial charge in [0.15, 0.2) is 5.65 Å². The van der Waals surface area contributed by atoms with E-state index in [4.69, 9.17) is 4.98 Å². The fourth-order valence-corrected chi connectivity index (χ4v) is 11.7. The number of fused-ring (bicyclic) bond motifs is 15. The van der Waals surface area contributed by atoms with Crippen LogP contribution < -0.4 is 0 Å². The molecule has 0 bridgehead atoms. The van der Waals surface area contributed by atoms with Crippen LogP contribution in [0.2, 0.25) is 0 Å². The normalized spacial score (nSPS) is 12.1. The summed E-state index contributed by atoms with van der Waals surface area (Å²) in [6.07, 6.45) is 0. The molecular weight excluding hydrogens is 793 g/mol. The van der Waals surface area contributed by atoms with E-state index in [1.54, 1.807) is 0 Å². The lowest BCUT2D eigenvalue weighted by atomic mass is 9.89. The van der Waals surface area contributed by atoms with E-state index in [0.29, 0.717) is 0 Å². The molecule has 0 N–H and O–H groups in total. The van der Waals surface area contributed by atoms with Gasteiger partial charge in [-0.25, -0.2) is 4.98 Å². The Morgan fingerprint density at radius 1 is 0.344 bits per heavy atom. The third-order valence-electron chi connectivity index (χ3n) is 13.5. The smallest absolute Gasteiger partial charge is 0.156 e. The van der Waals surface area contributed by atoms with Crippen molar-refractivity contribution >= 4 is 102 Å². The maximum Gasteiger partial charge on any atom is 0.156 e. The van der Waals surface area contributed by atoms with Crippen LogP contribution in [0.5, 0.6) is 0 Å². The number of aromatic nitrogens is 2. The van der Waals surface area contributed by atoms with Crippen LogP contribution in [0.25, 0.3) is 135 Å². The minimum atomic E-state index is 1.00. The molecular formula is C61H36N2S. The molecule has 64 heavy (non-hydrogen) atoms. The number of nitrogens with zero attached hydrogens (tertiary/aromatic N) is 2. The van der Waals surface area contributed by atoms with Gasteiger partial charge in [0.05, 0.1) is 21.4 Å². The lowest BCUT2D eigenvalue weighted by Gasteiger charge is -2.15. The number of hydrogen-bond donors (Lipinski definition) is 0. The highest BCUT2D eigenvalue weighted by molar-refractivity contribution is 7.26. The van der Waals surface area contributed by atoms with Gasteiger partial charge in [-0.3, -0.25) is 4.40 Å². The molecule has 0 unspecified atom stereocenters. The second-order valence-electron chi connectivity index (χ2n) is 17.1. The molecule has 3 heterocycles. The molecule has 0 saturated carbocycles. The Morgan fingerprint density at radius 3 is 1.56 bits per heavy atom. The first-order chi connectivity index (χ1) is 31.7. The number of hydrogen-bond acceptors (Lipinski definition) is 2. The van der Waals surface area contributed by atoms with E-state index in [-0.39, 0.29) is 0 Å². The van der Waals surface area contributed by atoms with Crippen LogP contribution >= 0.6 is 11.3 Å². The average Bonchev–Trinajstić information content (AvgIpc) is 3.95. The molecule has 14 rings (SSSR count). The SMILES string of the molecule is c1ccc2c(-c3cc(-c4ccc(-c5cc6c(sc7ccc8ccccc8c76)c6nc7c8ccc9ccccc9c8ccc7n56)cc4)cc(-c4cccc5ccccc45)c3)cccc2c1. The molecule has 0 aliphatic rings. The van der Waals surface area contributed by atoms with Crippen molar-refractivity contribution in [2.24, 2.45) is 0 Å². The van der Waals surface area contributed by atoms with Gasteiger partial charge in [-0.15, -0.1) is 11.3 Å². The third-order valence-corrected chi connectivity index (χ3v) is 14.7. The number of benzene rings is 11. The van der Waals surface area contributed by atoms with Crippen molar-refractivity contribution < 1.29 is 0 Å². The monoisotopic (exact) mass is 828 g/mol. The Labute approximate surface area is 372 Å². The summed E-state index contributed by atoms with van der Waals surface area (Å²) in [5, 5.41) is 15.0. The highest BCUT2D eigenvalue weighted by Gasteiger charge is 2.21. The number of imidazole rings is 1. The second kappa shape index (κ2) is 13.7. The van der Waals surface area contributed by atoms with E-state index in [1.807, 2.05) is 11.3 Å². The number of thiophene rings is 1. The van der Waals surface area contributed by atoms with Crippen molar-refractivity contribution in [3.05, 3.63) is 218 Å². The van der Waals surface area contributed by atoms with Crippen LogP contribution in [0.4, 0.5) is 0 Å². The number of pyridine rings is 1. The molecule has 0 amide bonds. The highest BCUT2D eigenvalue weighted by Crippen LogP contribution is 2.45. The van der Waals surface area contributed by atoms with Crippen LogP contribution in [0.3, 0.4) is 0 Å². The molecule has 3 aromatic heterocycles. The summed E-state index contributed by atoms with van der Waals surface area (Å²) < 4.78 is 4.90. The Kier molecular flexibility index (Phi) is 7.59. The summed E-state index contributed by atoms with van der Waals surface area (Å²) in [7, 11) is 0. The summed E-state index contributed by atoms with van der Waals surface area (Å²) in [4.78, 5) is 5.60. The molecule has 0 aliphatic heterocycles. The van der Waals surface area contributed by atoms with E-state index in [9.17, 15) is 0 Å². The highest BCUT2D eigenvalue weighted by atomic mass is 32.1. The summed E-state index contributed by atoms with van der Waals surface area (Å²) in [5.41, 5.74) is 12.6. The van der Waals surface area contributed by atoms with E-state index in [2.05, 4.69) is 223 Å². The Bertz CT molecular complexity index is 4140. The van der Waals surface area contributed by atoms with Gasteiger partial charge in [-0.1, -0.05) is 182 Å². The topological polar surface area (TPSA) is 17.3 Å². The van der Waals surface area contributed by atoms with Gasteiger partial charge in [0.1, 0.15) is 0 Å². The van der Waals surface area contributed by atoms with Crippen molar-refractivity contribution in [1.29, 1.82) is 0 Å². The van der Waals surface area contributed by atoms with Crippen LogP contribution in [0.1, 0.15) is 0 Å². The van der Waals surface area contributed by atoms with E-state index < -0.39 is 0 Å². The predicted molar refractivity (Wildman–Crippen MR) is 275 cm³/mol. The van der Waals surface area contributed by atoms with Crippen molar-refractivity contribution in [2.75, 3.05) is 0 Å². The Balaban J connectivity index is 1.01. The third kappa shape index (κ3) is 5.29. The van der Waals surface area contributed by atoms with Gasteiger partial charge < -0.3 is 0 Å². The first-order valence-corrected chi connectivity index (χ1v) is 22.8. The van der Waals surface area contributed by atoms with Gasteiger partial charge in [0.25, 0.3) is 0 Å². The van der Waals surface area contributed by atoms with E-state index in [0.717, 1.165) is 27.9 Å². The van der Waals surface area contributed by atoms with Gasteiger partial charge in [-0.2, -0.15) is 0 Å². The molecule has 3 heteroatoms. The molecule has 11 aromatic carbocycles. The largest absolute Gasteiger partial charge is 0.291 e. The Hall–Kier alpha value is -8.11. The quantitative estimate of drug-likeness (QED) is 0.162. The van der Waals surface area contributed by atoms with Gasteiger partial charge >= 0.3 is 0 Å². The zero-order chi connectivity index (χ0) is 41.9. The molecule has 0 radical (unpaired) electrons. The standard InChI is InChI=1S/C61H36N2S/c1-5-17-46-38(11-1)15-9-21-49(46)44-33-43(34-45(35-44)50-22-10-16-39-12-2-6-18-47(39)50)37-23-25-42(26-24-37)56-36-54-58-51-20-8-4-14-41(51)28-32-57(58)64-60(54)61-62-59-53-29-27-40-13-3-7-19-48(40)52(53)30-31-55(59)63(56)61/h1-36H. The summed E-state index contributed by atoms with van der Waals surface area (Å²) in [6.45, 7) is 0. The van der Waals surface area contributed by atoms with Gasteiger partial charge in [0, 0.05) is 20.9 Å². The zero-order valence-corrected chi connectivity index (χ0v) is 35.4. The van der Waals surface area contributed by atoms with Gasteiger partial charge in [-0.05, 0) is 124 Å². The molecule has 0 fully saturated rings. The fraction of sp³-hybridized carbons (Fsp3) is 0. The maximum atomic E-state index is 5.60. The molecule has 0 spiro atoms. The second-order valence-corrected chi connectivity index (χ2v) is 18.1. The predicted octanol–water partition coefficient (Wildman–Crippen LogP) is 17.3. The fourth-order valence-electron chi connectivity index (χ4n) is 10.5. The van der Waals surface area contributed by atoms with Crippen LogP contribution in [-0.4, -0.2) is 9.38 Å². The zero-order valence-electron chi connectivity index (χ0n) is 34.6. The first-order valence-electron chi connectivity index (χ1n) is 21.9. The number of rotatable bonds is 4. The molecule has 0 aliphatic carbocycles. The summed E-state index contributed by atoms with van der Waals surface area (Å²) >= 11 is 1.85. The van der Waals surface area contributed by atoms with Gasteiger partial charge in [0.2, 0.25) is 0 Å². The van der Waals surface area contributed by atoms with Crippen LogP contribution in [0, 0.1) is 0 Å². The molecule has 14 aromatic rings. The van der Waals surface area contributed by atoms with Crippen molar-refractivity contribution in [3.63, 3.8) is 0 Å². The lowest BCUT2D eigenvalue weighted by Crippen LogP contribution is -1.93. The van der Waals surface area contributed by atoms with E-state index >= 15 is 0 Å². The average molecular weight is 829 g/mol. The molecule has 296 valence electrons. The molecule has 2 nitrogen and oxygen atoms in total. The molecule has 0 atom stereocenters. The maximum absolute atomic E-state index is 5.60. The van der Waals surface area contributed by atoms with Crippen LogP contribution in [0.15, 0.2) is 218 Å². The van der Waals surface area contributed by atoms with Crippen molar-refractivity contribution in [1.82, 2.24) is 9.38 Å². The Morgan fingerprint density at radius 2 is 0.875 bits per heavy atom. The summed E-state index contributed by atoms with van der Waals surface area (Å²) in [5.74, 6) is 0.